The molecule has 3 nitrogen and oxygen atoms in total. The monoisotopic (exact) mass is 273 g/mol. The molecule has 0 unspecified atom stereocenters. The first-order valence-electron chi connectivity index (χ1n) is 7.63. The maximum Gasteiger partial charge on any atom is 0.227 e. The fourth-order valence-electron chi connectivity index (χ4n) is 2.75. The maximum atomic E-state index is 12.1. The number of carbonyl (C=O) groups excluding carboxylic acids is 2. The number of anilines is 1. The molecule has 1 aliphatic carbocycles. The lowest BCUT2D eigenvalue weighted by Gasteiger charge is -2.20. The number of amides is 1. The van der Waals surface area contributed by atoms with Gasteiger partial charge in [0.15, 0.2) is 0 Å². The van der Waals surface area contributed by atoms with E-state index in [0.717, 1.165) is 37.7 Å². The van der Waals surface area contributed by atoms with Crippen molar-refractivity contribution in [3.63, 3.8) is 0 Å². The summed E-state index contributed by atoms with van der Waals surface area (Å²) in [5, 5.41) is 3.01. The molecule has 1 amide bonds. The summed E-state index contributed by atoms with van der Waals surface area (Å²) >= 11 is 0. The minimum atomic E-state index is 0.165. The van der Waals surface area contributed by atoms with Crippen molar-refractivity contribution in [3.05, 3.63) is 29.8 Å². The van der Waals surface area contributed by atoms with Crippen molar-refractivity contribution < 1.29 is 9.59 Å². The first-order chi connectivity index (χ1) is 9.79. The van der Waals surface area contributed by atoms with Crippen LogP contribution in [0.1, 0.15) is 50.5 Å². The zero-order valence-corrected chi connectivity index (χ0v) is 11.9. The molecule has 0 bridgehead atoms. The second kappa shape index (κ2) is 7.83. The first kappa shape index (κ1) is 14.8. The van der Waals surface area contributed by atoms with Crippen molar-refractivity contribution in [1.82, 2.24) is 0 Å². The lowest BCUT2D eigenvalue weighted by Crippen LogP contribution is -2.24. The molecule has 1 fully saturated rings. The van der Waals surface area contributed by atoms with Gasteiger partial charge in [0, 0.05) is 18.0 Å². The molecule has 0 aromatic heterocycles. The van der Waals surface area contributed by atoms with Crippen molar-refractivity contribution in [2.75, 3.05) is 5.32 Å². The zero-order chi connectivity index (χ0) is 14.2. The van der Waals surface area contributed by atoms with Gasteiger partial charge >= 0.3 is 0 Å². The van der Waals surface area contributed by atoms with Gasteiger partial charge in [-0.2, -0.15) is 0 Å². The molecule has 0 aliphatic heterocycles. The van der Waals surface area contributed by atoms with E-state index in [2.05, 4.69) is 5.32 Å². The maximum absolute atomic E-state index is 12.1. The number of benzene rings is 1. The van der Waals surface area contributed by atoms with Gasteiger partial charge in [-0.15, -0.1) is 0 Å². The normalized spacial score (nSPS) is 15.8. The van der Waals surface area contributed by atoms with Gasteiger partial charge < -0.3 is 10.1 Å². The number of rotatable bonds is 6. The number of carbonyl (C=O) groups is 2. The van der Waals surface area contributed by atoms with Crippen LogP contribution in [0.3, 0.4) is 0 Å². The van der Waals surface area contributed by atoms with E-state index < -0.39 is 0 Å². The fourth-order valence-corrected chi connectivity index (χ4v) is 2.75. The summed E-state index contributed by atoms with van der Waals surface area (Å²) in [6.45, 7) is 0. The summed E-state index contributed by atoms with van der Waals surface area (Å²) in [6.07, 6.45) is 9.03. The molecule has 0 saturated heterocycles. The Morgan fingerprint density at radius 3 is 2.50 bits per heavy atom. The van der Waals surface area contributed by atoms with Crippen LogP contribution < -0.4 is 5.32 Å². The minimum Gasteiger partial charge on any atom is -0.326 e. The molecule has 1 saturated carbocycles. The Balaban J connectivity index is 1.83. The van der Waals surface area contributed by atoms with E-state index in [0.29, 0.717) is 6.42 Å². The van der Waals surface area contributed by atoms with Crippen LogP contribution in [-0.4, -0.2) is 12.2 Å². The van der Waals surface area contributed by atoms with E-state index in [1.165, 1.54) is 24.8 Å². The molecule has 1 aromatic carbocycles. The molecule has 20 heavy (non-hydrogen) atoms. The number of hydrogen-bond acceptors (Lipinski definition) is 2. The number of nitrogens with one attached hydrogen (secondary N) is 1. The Hall–Kier alpha value is -1.64. The Kier molecular flexibility index (Phi) is 5.78. The van der Waals surface area contributed by atoms with Crippen molar-refractivity contribution in [1.29, 1.82) is 0 Å². The molecule has 1 N–H and O–H groups in total. The second-order valence-electron chi connectivity index (χ2n) is 5.58. The zero-order valence-electron chi connectivity index (χ0n) is 11.9. The smallest absolute Gasteiger partial charge is 0.227 e. The molecular weight excluding hydrogens is 250 g/mol. The molecule has 3 heteroatoms. The van der Waals surface area contributed by atoms with Gasteiger partial charge in [0.05, 0.1) is 0 Å². The van der Waals surface area contributed by atoms with Crippen molar-refractivity contribution in [2.45, 2.75) is 51.4 Å². The van der Waals surface area contributed by atoms with Gasteiger partial charge in [-0.05, 0) is 43.4 Å². The summed E-state index contributed by atoms with van der Waals surface area (Å²) in [7, 11) is 0. The van der Waals surface area contributed by atoms with Crippen molar-refractivity contribution in [3.8, 4) is 0 Å². The van der Waals surface area contributed by atoms with Crippen LogP contribution in [0.5, 0.6) is 0 Å². The average Bonchev–Trinajstić information content (AvgIpc) is 2.50. The highest BCUT2D eigenvalue weighted by atomic mass is 16.1. The Morgan fingerprint density at radius 1 is 1.15 bits per heavy atom. The van der Waals surface area contributed by atoms with Gasteiger partial charge in [-0.25, -0.2) is 0 Å². The van der Waals surface area contributed by atoms with E-state index in [-0.39, 0.29) is 11.8 Å². The summed E-state index contributed by atoms with van der Waals surface area (Å²) in [4.78, 5) is 22.4. The van der Waals surface area contributed by atoms with Crippen LogP contribution in [0.4, 0.5) is 5.69 Å². The van der Waals surface area contributed by atoms with Crippen molar-refractivity contribution >= 4 is 17.9 Å². The van der Waals surface area contributed by atoms with Gasteiger partial charge in [0.25, 0.3) is 0 Å². The summed E-state index contributed by atoms with van der Waals surface area (Å²) in [5.74, 6) is 0.356. The molecule has 1 aliphatic rings. The quantitative estimate of drug-likeness (QED) is 0.634. The molecule has 1 aromatic rings. The third-order valence-electron chi connectivity index (χ3n) is 3.98. The number of aryl methyl sites for hydroxylation is 1. The average molecular weight is 273 g/mol. The third kappa shape index (κ3) is 4.48. The molecular formula is C17H23NO2. The van der Waals surface area contributed by atoms with E-state index in [1.54, 1.807) is 0 Å². The lowest BCUT2D eigenvalue weighted by atomic mass is 9.88. The number of aldehydes is 1. The number of hydrogen-bond donors (Lipinski definition) is 1. The summed E-state index contributed by atoms with van der Waals surface area (Å²) in [5.41, 5.74) is 2.09. The van der Waals surface area contributed by atoms with Crippen LogP contribution >= 0.6 is 0 Å². The fraction of sp³-hybridized carbons (Fsp3) is 0.529. The Bertz CT molecular complexity index is 433. The molecule has 0 atom stereocenters. The largest absolute Gasteiger partial charge is 0.326 e. The van der Waals surface area contributed by atoms with E-state index >= 15 is 0 Å². The van der Waals surface area contributed by atoms with Crippen LogP contribution in [0.15, 0.2) is 24.3 Å². The molecule has 0 spiro atoms. The van der Waals surface area contributed by atoms with E-state index in [9.17, 15) is 9.59 Å². The van der Waals surface area contributed by atoms with Gasteiger partial charge in [0.1, 0.15) is 6.29 Å². The van der Waals surface area contributed by atoms with Crippen molar-refractivity contribution in [2.24, 2.45) is 5.92 Å². The second-order valence-corrected chi connectivity index (χ2v) is 5.58. The molecule has 0 heterocycles. The van der Waals surface area contributed by atoms with Gasteiger partial charge in [0.2, 0.25) is 5.91 Å². The highest BCUT2D eigenvalue weighted by Crippen LogP contribution is 2.25. The molecule has 2 rings (SSSR count). The Morgan fingerprint density at radius 2 is 1.85 bits per heavy atom. The standard InChI is InChI=1S/C17H23NO2/c19-13-5-4-6-14-9-11-16(12-10-14)18-17(20)15-7-2-1-3-8-15/h9-13,15H,1-8H2,(H,18,20). The first-order valence-corrected chi connectivity index (χ1v) is 7.63. The lowest BCUT2D eigenvalue weighted by molar-refractivity contribution is -0.120. The predicted molar refractivity (Wildman–Crippen MR) is 80.6 cm³/mol. The minimum absolute atomic E-state index is 0.165. The van der Waals surface area contributed by atoms with E-state index in [1.807, 2.05) is 24.3 Å². The highest BCUT2D eigenvalue weighted by molar-refractivity contribution is 5.92. The van der Waals surface area contributed by atoms with E-state index in [4.69, 9.17) is 0 Å². The van der Waals surface area contributed by atoms with Gasteiger partial charge in [-0.1, -0.05) is 31.4 Å². The van der Waals surface area contributed by atoms with Crippen LogP contribution in [-0.2, 0) is 16.0 Å². The third-order valence-corrected chi connectivity index (χ3v) is 3.98. The molecule has 108 valence electrons. The summed E-state index contributed by atoms with van der Waals surface area (Å²) < 4.78 is 0. The summed E-state index contributed by atoms with van der Waals surface area (Å²) in [6, 6.07) is 7.97. The number of unbranched alkanes of at least 4 members (excludes halogenated alkanes) is 1. The molecule has 0 radical (unpaired) electrons. The van der Waals surface area contributed by atoms with Crippen LogP contribution in [0.2, 0.25) is 0 Å². The Labute approximate surface area is 120 Å². The topological polar surface area (TPSA) is 46.2 Å². The predicted octanol–water partition coefficient (Wildman–Crippen LogP) is 3.73. The van der Waals surface area contributed by atoms with Crippen LogP contribution in [0.25, 0.3) is 0 Å². The van der Waals surface area contributed by atoms with Gasteiger partial charge in [-0.3, -0.25) is 4.79 Å². The van der Waals surface area contributed by atoms with Crippen LogP contribution in [0, 0.1) is 5.92 Å². The highest BCUT2D eigenvalue weighted by Gasteiger charge is 2.20. The SMILES string of the molecule is O=CCCCc1ccc(NC(=O)C2CCCCC2)cc1.